The number of nitrogens with one attached hydrogen (secondary N) is 1. The van der Waals surface area contributed by atoms with Crippen LogP contribution in [0.5, 0.6) is 5.75 Å². The molecule has 3 atom stereocenters. The van der Waals surface area contributed by atoms with Crippen LogP contribution in [-0.2, 0) is 20.4 Å². The van der Waals surface area contributed by atoms with E-state index >= 15 is 0 Å². The number of hydrogen-bond acceptors (Lipinski definition) is 7. The normalized spacial score (nSPS) is 27.2. The maximum Gasteiger partial charge on any atom is 0.619 e. The summed E-state index contributed by atoms with van der Waals surface area (Å²) in [6, 6.07) is 6.93. The van der Waals surface area contributed by atoms with Crippen LogP contribution < -0.4 is 15.8 Å². The van der Waals surface area contributed by atoms with Crippen LogP contribution in [0, 0.1) is 6.92 Å². The minimum Gasteiger partial charge on any atom is -0.352 e. The van der Waals surface area contributed by atoms with Crippen molar-refractivity contribution in [2.45, 2.75) is 38.7 Å². The number of aromatic amines is 1. The Hall–Kier alpha value is -2.03. The van der Waals surface area contributed by atoms with E-state index in [0.29, 0.717) is 18.6 Å². The molecule has 1 aromatic heterocycles. The second kappa shape index (κ2) is 7.18. The molecule has 0 radical (unpaired) electrons. The van der Waals surface area contributed by atoms with Crippen LogP contribution in [0.1, 0.15) is 30.2 Å². The van der Waals surface area contributed by atoms with E-state index in [1.165, 1.54) is 16.8 Å². The summed E-state index contributed by atoms with van der Waals surface area (Å²) in [6.07, 6.45) is 1.80. The average molecular weight is 395 g/mol. The predicted molar refractivity (Wildman–Crippen MR) is 96.2 cm³/mol. The first kappa shape index (κ1) is 18.3. The van der Waals surface area contributed by atoms with Gasteiger partial charge in [0, 0.05) is 17.8 Å². The van der Waals surface area contributed by atoms with Crippen molar-refractivity contribution in [1.82, 2.24) is 9.55 Å². The molecule has 1 fully saturated rings. The van der Waals surface area contributed by atoms with Gasteiger partial charge in [0.05, 0.1) is 6.10 Å². The van der Waals surface area contributed by atoms with Gasteiger partial charge in [-0.1, -0.05) is 18.2 Å². The molecule has 0 saturated carbocycles. The van der Waals surface area contributed by atoms with Crippen LogP contribution in [0.25, 0.3) is 0 Å². The Labute approximate surface area is 155 Å². The lowest BCUT2D eigenvalue weighted by atomic mass is 10.1. The molecular weight excluding hydrogens is 375 g/mol. The number of benzene rings is 1. The van der Waals surface area contributed by atoms with Crippen LogP contribution in [0.2, 0.25) is 0 Å². The highest BCUT2D eigenvalue weighted by Gasteiger charge is 2.51. The van der Waals surface area contributed by atoms with E-state index < -0.39 is 25.6 Å². The van der Waals surface area contributed by atoms with Gasteiger partial charge in [0.15, 0.2) is 5.75 Å². The SMILES string of the molecule is Cc1cccc2c1O[P+](O)(OCC1CCC(n3ccc(=O)[nH]c3=O)O1)OC2. The summed E-state index contributed by atoms with van der Waals surface area (Å²) in [4.78, 5) is 35.8. The van der Waals surface area contributed by atoms with Gasteiger partial charge in [0.2, 0.25) is 0 Å². The number of H-pyrrole nitrogens is 1. The zero-order valence-electron chi connectivity index (χ0n) is 14.7. The zero-order valence-corrected chi connectivity index (χ0v) is 15.6. The van der Waals surface area contributed by atoms with Crippen LogP contribution in [-0.4, -0.2) is 27.2 Å². The topological polar surface area (TPSA) is 112 Å². The first-order chi connectivity index (χ1) is 12.9. The molecule has 1 aromatic carbocycles. The minimum absolute atomic E-state index is 0.0695. The molecule has 3 heterocycles. The Balaban J connectivity index is 1.38. The summed E-state index contributed by atoms with van der Waals surface area (Å²) in [5.41, 5.74) is 0.778. The van der Waals surface area contributed by atoms with Crippen molar-refractivity contribution in [3.05, 3.63) is 62.4 Å². The fourth-order valence-electron chi connectivity index (χ4n) is 3.16. The van der Waals surface area contributed by atoms with Crippen molar-refractivity contribution < 1.29 is 23.2 Å². The van der Waals surface area contributed by atoms with Gasteiger partial charge in [-0.05, 0) is 25.3 Å². The van der Waals surface area contributed by atoms with Gasteiger partial charge in [0.25, 0.3) is 5.56 Å². The average Bonchev–Trinajstić information content (AvgIpc) is 3.10. The zero-order chi connectivity index (χ0) is 19.0. The molecule has 2 aliphatic heterocycles. The summed E-state index contributed by atoms with van der Waals surface area (Å²) in [7, 11) is -3.48. The fraction of sp³-hybridized carbons (Fsp3) is 0.412. The summed E-state index contributed by atoms with van der Waals surface area (Å²) in [5, 5.41) is 0. The quantitative estimate of drug-likeness (QED) is 0.760. The number of nitrogens with zero attached hydrogens (tertiary/aromatic N) is 1. The molecule has 10 heteroatoms. The van der Waals surface area contributed by atoms with Gasteiger partial charge in [-0.15, -0.1) is 9.05 Å². The molecule has 4 rings (SSSR count). The van der Waals surface area contributed by atoms with Gasteiger partial charge in [0.1, 0.15) is 19.4 Å². The third-order valence-corrected chi connectivity index (χ3v) is 5.90. The Morgan fingerprint density at radius 3 is 3.00 bits per heavy atom. The maximum atomic E-state index is 11.9. The van der Waals surface area contributed by atoms with E-state index in [2.05, 4.69) is 4.98 Å². The Morgan fingerprint density at radius 2 is 2.19 bits per heavy atom. The largest absolute Gasteiger partial charge is 0.619 e. The van der Waals surface area contributed by atoms with Gasteiger partial charge >= 0.3 is 13.9 Å². The molecule has 9 nitrogen and oxygen atoms in total. The lowest BCUT2D eigenvalue weighted by Crippen LogP contribution is -2.31. The molecule has 1 saturated heterocycles. The fourth-order valence-corrected chi connectivity index (χ4v) is 4.49. The van der Waals surface area contributed by atoms with Crippen molar-refractivity contribution in [3.63, 3.8) is 0 Å². The molecule has 27 heavy (non-hydrogen) atoms. The van der Waals surface area contributed by atoms with Crippen LogP contribution in [0.3, 0.4) is 0 Å². The summed E-state index contributed by atoms with van der Waals surface area (Å²) < 4.78 is 23.7. The van der Waals surface area contributed by atoms with Gasteiger partial charge in [-0.25, -0.2) is 4.79 Å². The molecule has 0 bridgehead atoms. The van der Waals surface area contributed by atoms with Crippen LogP contribution >= 0.6 is 8.17 Å². The lowest BCUT2D eigenvalue weighted by molar-refractivity contribution is -0.0301. The predicted octanol–water partition coefficient (Wildman–Crippen LogP) is 1.82. The van der Waals surface area contributed by atoms with E-state index in [0.717, 1.165) is 11.1 Å². The van der Waals surface area contributed by atoms with Gasteiger partial charge < -0.3 is 4.74 Å². The second-order valence-corrected chi connectivity index (χ2v) is 8.14. The van der Waals surface area contributed by atoms with E-state index in [1.54, 1.807) is 0 Å². The van der Waals surface area contributed by atoms with E-state index in [1.807, 2.05) is 25.1 Å². The van der Waals surface area contributed by atoms with E-state index in [4.69, 9.17) is 18.3 Å². The number of aromatic nitrogens is 2. The monoisotopic (exact) mass is 395 g/mol. The summed E-state index contributed by atoms with van der Waals surface area (Å²) in [5.74, 6) is 0.588. The Kier molecular flexibility index (Phi) is 4.88. The number of aryl methyl sites for hydroxylation is 1. The summed E-state index contributed by atoms with van der Waals surface area (Å²) >= 11 is 0. The third kappa shape index (κ3) is 3.83. The van der Waals surface area contributed by atoms with Crippen molar-refractivity contribution in [3.8, 4) is 5.75 Å². The van der Waals surface area contributed by atoms with Crippen LogP contribution in [0.15, 0.2) is 40.1 Å². The third-order valence-electron chi connectivity index (χ3n) is 4.55. The Morgan fingerprint density at radius 1 is 1.33 bits per heavy atom. The highest BCUT2D eigenvalue weighted by molar-refractivity contribution is 7.55. The van der Waals surface area contributed by atoms with Crippen molar-refractivity contribution >= 4 is 8.17 Å². The molecule has 0 spiro atoms. The van der Waals surface area contributed by atoms with E-state index in [9.17, 15) is 14.5 Å². The van der Waals surface area contributed by atoms with Crippen molar-refractivity contribution in [2.24, 2.45) is 0 Å². The molecule has 3 unspecified atom stereocenters. The highest BCUT2D eigenvalue weighted by atomic mass is 31.2. The van der Waals surface area contributed by atoms with Crippen LogP contribution in [0.4, 0.5) is 0 Å². The lowest BCUT2D eigenvalue weighted by Gasteiger charge is -2.23. The molecule has 0 aliphatic carbocycles. The molecule has 2 N–H and O–H groups in total. The molecule has 2 aliphatic rings. The number of rotatable bonds is 4. The van der Waals surface area contributed by atoms with Gasteiger partial charge in [-0.3, -0.25) is 18.9 Å². The second-order valence-electron chi connectivity index (χ2n) is 6.50. The molecule has 0 amide bonds. The smallest absolute Gasteiger partial charge is 0.352 e. The standard InChI is InChI=1S/C17H19N2O7P/c1-11-3-2-4-12-9-23-27(22,26-16(11)12)24-10-13-5-6-15(25-13)19-8-7-14(20)18-17(19)21/h2-4,7-8,13,15,22H,5-6,9-10H2,1H3/p+1. The van der Waals surface area contributed by atoms with Crippen molar-refractivity contribution in [1.29, 1.82) is 0 Å². The van der Waals surface area contributed by atoms with Crippen molar-refractivity contribution in [2.75, 3.05) is 6.61 Å². The molecule has 144 valence electrons. The number of para-hydroxylation sites is 1. The molecule has 2 aromatic rings. The molecular formula is C17H20N2O7P+. The Bertz CT molecular complexity index is 959. The van der Waals surface area contributed by atoms with E-state index in [-0.39, 0.29) is 19.3 Å². The summed E-state index contributed by atoms with van der Waals surface area (Å²) in [6.45, 7) is 2.17. The number of fused-ring (bicyclic) bond motifs is 1. The highest BCUT2D eigenvalue weighted by Crippen LogP contribution is 2.62. The number of ether oxygens (including phenoxy) is 1. The number of hydrogen-bond donors (Lipinski definition) is 2. The minimum atomic E-state index is -3.48. The maximum absolute atomic E-state index is 11.9. The first-order valence-corrected chi connectivity index (χ1v) is 10.1. The first-order valence-electron chi connectivity index (χ1n) is 8.59. The van der Waals surface area contributed by atoms with Gasteiger partial charge in [-0.2, -0.15) is 4.89 Å².